The maximum Gasteiger partial charge on any atom is 0.313 e. The number of hydrogen-bond acceptors (Lipinski definition) is 6. The number of furan rings is 1. The normalized spacial score (nSPS) is 13.6. The van der Waals surface area contributed by atoms with Crippen LogP contribution >= 0.6 is 11.8 Å². The molecule has 1 aromatic heterocycles. The molecule has 2 N–H and O–H groups in total. The van der Waals surface area contributed by atoms with E-state index in [4.69, 9.17) is 19.0 Å². The Morgan fingerprint density at radius 3 is 2.46 bits per heavy atom. The van der Waals surface area contributed by atoms with Crippen LogP contribution in [0, 0.1) is 5.82 Å². The third kappa shape index (κ3) is 5.89. The van der Waals surface area contributed by atoms with Crippen LogP contribution in [-0.4, -0.2) is 37.0 Å². The van der Waals surface area contributed by atoms with Gasteiger partial charge in [0, 0.05) is 0 Å². The Hall–Kier alpha value is -3.98. The van der Waals surface area contributed by atoms with Crippen LogP contribution in [0.15, 0.2) is 63.6 Å². The Balaban J connectivity index is 1.69. The molecule has 0 fully saturated rings. The number of benzene rings is 2. The van der Waals surface area contributed by atoms with E-state index < -0.39 is 5.97 Å². The van der Waals surface area contributed by atoms with E-state index in [2.05, 4.69) is 5.32 Å². The molecule has 1 heterocycles. The van der Waals surface area contributed by atoms with Gasteiger partial charge in [0.25, 0.3) is 0 Å². The molecule has 1 amide bonds. The predicted molar refractivity (Wildman–Crippen MR) is 140 cm³/mol. The number of hydrogen-bond donors (Lipinski definition) is 2. The van der Waals surface area contributed by atoms with Gasteiger partial charge in [-0.05, 0) is 82.8 Å². The highest BCUT2D eigenvalue weighted by molar-refractivity contribution is 8.00. The standard InChI is InChI=1S/C28H26FNO6S/c1-16-21(9-17-10-24(34-2)28(25(11-17)35-3)37-15-27(32)33)20-7-6-18(29)12-23(20)22(16)13-26(31)30-14-19-5-4-8-36-19/h4-12H,13-15H2,1-3H3,(H,30,31)(H,32,33). The van der Waals surface area contributed by atoms with Crippen LogP contribution in [0.4, 0.5) is 4.39 Å². The van der Waals surface area contributed by atoms with Crippen molar-refractivity contribution < 1.29 is 33.0 Å². The molecule has 0 aliphatic heterocycles. The van der Waals surface area contributed by atoms with E-state index in [0.29, 0.717) is 27.7 Å². The summed E-state index contributed by atoms with van der Waals surface area (Å²) in [5, 5.41) is 11.9. The van der Waals surface area contributed by atoms with E-state index in [1.807, 2.05) is 13.0 Å². The second kappa shape index (κ2) is 11.4. The first-order valence-corrected chi connectivity index (χ1v) is 12.4. The molecule has 0 bridgehead atoms. The van der Waals surface area contributed by atoms with Gasteiger partial charge < -0.3 is 24.3 Å². The van der Waals surface area contributed by atoms with E-state index in [0.717, 1.165) is 39.6 Å². The quantitative estimate of drug-likeness (QED) is 0.332. The molecule has 9 heteroatoms. The van der Waals surface area contributed by atoms with Crippen molar-refractivity contribution in [1.82, 2.24) is 5.32 Å². The maximum absolute atomic E-state index is 14.2. The van der Waals surface area contributed by atoms with Crippen molar-refractivity contribution in [3.05, 3.63) is 82.6 Å². The van der Waals surface area contributed by atoms with Gasteiger partial charge in [0.15, 0.2) is 0 Å². The third-order valence-electron chi connectivity index (χ3n) is 5.96. The summed E-state index contributed by atoms with van der Waals surface area (Å²) >= 11 is 1.11. The Morgan fingerprint density at radius 2 is 1.84 bits per heavy atom. The van der Waals surface area contributed by atoms with Crippen molar-refractivity contribution in [2.24, 2.45) is 0 Å². The number of aliphatic carboxylic acids is 1. The average molecular weight is 524 g/mol. The number of ether oxygens (including phenoxy) is 2. The molecule has 1 aliphatic rings. The summed E-state index contributed by atoms with van der Waals surface area (Å²) in [5.41, 5.74) is 4.68. The number of carbonyl (C=O) groups is 2. The number of halogens is 1. The minimum Gasteiger partial charge on any atom is -0.495 e. The minimum atomic E-state index is -0.948. The van der Waals surface area contributed by atoms with Crippen LogP contribution in [-0.2, 0) is 16.1 Å². The van der Waals surface area contributed by atoms with E-state index in [1.54, 1.807) is 36.6 Å². The molecule has 2 aromatic carbocycles. The molecular weight excluding hydrogens is 497 g/mol. The molecule has 4 rings (SSSR count). The van der Waals surface area contributed by atoms with Gasteiger partial charge in [0.05, 0.1) is 44.1 Å². The second-order valence-corrected chi connectivity index (χ2v) is 9.31. The van der Waals surface area contributed by atoms with Crippen molar-refractivity contribution in [3.8, 4) is 11.5 Å². The summed E-state index contributed by atoms with van der Waals surface area (Å²) in [6, 6.07) is 11.7. The number of fused-ring (bicyclic) bond motifs is 1. The van der Waals surface area contributed by atoms with E-state index in [1.165, 1.54) is 26.4 Å². The Morgan fingerprint density at radius 1 is 1.11 bits per heavy atom. The van der Waals surface area contributed by atoms with Crippen molar-refractivity contribution in [2.75, 3.05) is 20.0 Å². The second-order valence-electron chi connectivity index (χ2n) is 8.32. The number of methoxy groups -OCH3 is 2. The topological polar surface area (TPSA) is 98.0 Å². The van der Waals surface area contributed by atoms with Crippen LogP contribution < -0.4 is 14.8 Å². The molecule has 3 aromatic rings. The van der Waals surface area contributed by atoms with E-state index in [9.17, 15) is 14.0 Å². The lowest BCUT2D eigenvalue weighted by Gasteiger charge is -2.14. The molecule has 0 saturated carbocycles. The third-order valence-corrected chi connectivity index (χ3v) is 7.05. The average Bonchev–Trinajstić information content (AvgIpc) is 3.48. The van der Waals surface area contributed by atoms with Gasteiger partial charge in [-0.1, -0.05) is 6.07 Å². The molecular formula is C28H26FNO6S. The summed E-state index contributed by atoms with van der Waals surface area (Å²) < 4.78 is 30.5. The summed E-state index contributed by atoms with van der Waals surface area (Å²) in [6.07, 6.45) is 3.55. The number of carboxylic acid groups (broad SMARTS) is 1. The number of nitrogens with one attached hydrogen (secondary N) is 1. The number of amides is 1. The first kappa shape index (κ1) is 26.1. The molecule has 0 atom stereocenters. The minimum absolute atomic E-state index is 0.0811. The van der Waals surface area contributed by atoms with Gasteiger partial charge >= 0.3 is 5.97 Å². The summed E-state index contributed by atoms with van der Waals surface area (Å²) in [6.45, 7) is 2.17. The first-order valence-electron chi connectivity index (χ1n) is 11.4. The highest BCUT2D eigenvalue weighted by Gasteiger charge is 2.26. The van der Waals surface area contributed by atoms with Crippen molar-refractivity contribution in [1.29, 1.82) is 0 Å². The summed E-state index contributed by atoms with van der Waals surface area (Å²) in [5.74, 6) is -0.0705. The molecule has 192 valence electrons. The zero-order valence-electron chi connectivity index (χ0n) is 20.6. The maximum atomic E-state index is 14.2. The van der Waals surface area contributed by atoms with Gasteiger partial charge in [-0.2, -0.15) is 0 Å². The predicted octanol–water partition coefficient (Wildman–Crippen LogP) is 5.65. The smallest absolute Gasteiger partial charge is 0.313 e. The fourth-order valence-electron chi connectivity index (χ4n) is 4.23. The molecule has 0 radical (unpaired) electrons. The van der Waals surface area contributed by atoms with Gasteiger partial charge in [-0.25, -0.2) is 4.39 Å². The van der Waals surface area contributed by atoms with Crippen molar-refractivity contribution >= 4 is 40.9 Å². The van der Waals surface area contributed by atoms with E-state index in [-0.39, 0.29) is 30.4 Å². The highest BCUT2D eigenvalue weighted by Crippen LogP contribution is 2.45. The lowest BCUT2D eigenvalue weighted by atomic mass is 10.0. The molecule has 37 heavy (non-hydrogen) atoms. The first-order chi connectivity index (χ1) is 17.8. The van der Waals surface area contributed by atoms with E-state index >= 15 is 0 Å². The van der Waals surface area contributed by atoms with Crippen LogP contribution in [0.25, 0.3) is 17.2 Å². The van der Waals surface area contributed by atoms with Crippen LogP contribution in [0.5, 0.6) is 11.5 Å². The monoisotopic (exact) mass is 523 g/mol. The lowest BCUT2D eigenvalue weighted by Crippen LogP contribution is -2.22. The SMILES string of the molecule is COc1cc(C=C2C(C)=C(CC(=O)NCc3ccco3)c3cc(F)ccc32)cc(OC)c1SCC(=O)O. The lowest BCUT2D eigenvalue weighted by molar-refractivity contribution is -0.134. The largest absolute Gasteiger partial charge is 0.495 e. The number of allylic oxidation sites excluding steroid dienone is 2. The number of carbonyl (C=O) groups excluding carboxylic acids is 1. The Labute approximate surface area is 218 Å². The molecule has 1 aliphatic carbocycles. The van der Waals surface area contributed by atoms with Gasteiger partial charge in [-0.15, -0.1) is 11.8 Å². The zero-order valence-corrected chi connectivity index (χ0v) is 21.4. The molecule has 7 nitrogen and oxygen atoms in total. The fraction of sp³-hybridized carbons (Fsp3) is 0.214. The number of thioether (sulfide) groups is 1. The van der Waals surface area contributed by atoms with Gasteiger partial charge in [0.1, 0.15) is 23.1 Å². The highest BCUT2D eigenvalue weighted by atomic mass is 32.2. The summed E-state index contributed by atoms with van der Waals surface area (Å²) in [7, 11) is 3.02. The summed E-state index contributed by atoms with van der Waals surface area (Å²) in [4.78, 5) is 24.4. The fourth-order valence-corrected chi connectivity index (χ4v) is 5.07. The Kier molecular flexibility index (Phi) is 8.03. The van der Waals surface area contributed by atoms with Crippen LogP contribution in [0.3, 0.4) is 0 Å². The van der Waals surface area contributed by atoms with Gasteiger partial charge in [-0.3, -0.25) is 9.59 Å². The van der Waals surface area contributed by atoms with Crippen LogP contribution in [0.2, 0.25) is 0 Å². The Bertz CT molecular complexity index is 1370. The molecule has 0 spiro atoms. The van der Waals surface area contributed by atoms with Crippen LogP contribution in [0.1, 0.15) is 35.8 Å². The number of carboxylic acids is 1. The molecule has 0 saturated heterocycles. The van der Waals surface area contributed by atoms with Gasteiger partial charge in [0.2, 0.25) is 5.91 Å². The molecule has 0 unspecified atom stereocenters. The number of rotatable bonds is 10. The zero-order chi connectivity index (χ0) is 26.5. The van der Waals surface area contributed by atoms with Crippen molar-refractivity contribution in [2.45, 2.75) is 24.8 Å². The van der Waals surface area contributed by atoms with Crippen molar-refractivity contribution in [3.63, 3.8) is 0 Å².